The highest BCUT2D eigenvalue weighted by molar-refractivity contribution is 6.20. The van der Waals surface area contributed by atoms with Crippen molar-refractivity contribution in [3.63, 3.8) is 0 Å². The average molecular weight is 625 g/mol. The van der Waals surface area contributed by atoms with Gasteiger partial charge in [0.1, 0.15) is 11.2 Å². The summed E-state index contributed by atoms with van der Waals surface area (Å²) >= 11 is 0. The number of rotatable bonds is 3. The van der Waals surface area contributed by atoms with Crippen molar-refractivity contribution in [2.75, 3.05) is 0 Å². The Morgan fingerprint density at radius 1 is 0.327 bits per heavy atom. The summed E-state index contributed by atoms with van der Waals surface area (Å²) in [5.74, 6) is 0. The molecule has 0 aliphatic rings. The molecule has 0 amide bonds. The van der Waals surface area contributed by atoms with Crippen molar-refractivity contribution in [1.29, 1.82) is 0 Å². The van der Waals surface area contributed by atoms with Gasteiger partial charge in [-0.15, -0.1) is 0 Å². The monoisotopic (exact) mass is 624 g/mol. The summed E-state index contributed by atoms with van der Waals surface area (Å²) in [6, 6.07) is 61.2. The van der Waals surface area contributed by atoms with Gasteiger partial charge in [-0.3, -0.25) is 0 Å². The Labute approximate surface area is 281 Å². The smallest absolute Gasteiger partial charge is 0.143 e. The van der Waals surface area contributed by atoms with Gasteiger partial charge in [0.05, 0.1) is 27.8 Å². The summed E-state index contributed by atoms with van der Waals surface area (Å²) in [5, 5.41) is 9.65. The third kappa shape index (κ3) is 3.67. The maximum Gasteiger partial charge on any atom is 0.143 e. The predicted molar refractivity (Wildman–Crippen MR) is 205 cm³/mol. The molecular weight excluding hydrogens is 597 g/mol. The van der Waals surface area contributed by atoms with E-state index in [0.29, 0.717) is 0 Å². The quantitative estimate of drug-likeness (QED) is 0.192. The molecular formula is C46H28N2O. The molecule has 11 aromatic rings. The van der Waals surface area contributed by atoms with Gasteiger partial charge < -0.3 is 13.6 Å². The normalized spacial score (nSPS) is 12.1. The minimum Gasteiger partial charge on any atom is -0.455 e. The van der Waals surface area contributed by atoms with E-state index in [1.807, 2.05) is 6.07 Å². The summed E-state index contributed by atoms with van der Waals surface area (Å²) in [6.45, 7) is 0. The van der Waals surface area contributed by atoms with Crippen LogP contribution < -0.4 is 0 Å². The highest BCUT2D eigenvalue weighted by Gasteiger charge is 2.21. The van der Waals surface area contributed by atoms with Crippen molar-refractivity contribution in [2.24, 2.45) is 0 Å². The molecule has 0 N–H and O–H groups in total. The summed E-state index contributed by atoms with van der Waals surface area (Å²) in [7, 11) is 0. The summed E-state index contributed by atoms with van der Waals surface area (Å²) < 4.78 is 11.4. The number of fused-ring (bicyclic) bond motifs is 10. The number of furan rings is 1. The van der Waals surface area contributed by atoms with Crippen LogP contribution in [0.25, 0.3) is 98.8 Å². The van der Waals surface area contributed by atoms with Crippen LogP contribution >= 0.6 is 0 Å². The van der Waals surface area contributed by atoms with E-state index < -0.39 is 0 Å². The zero-order chi connectivity index (χ0) is 32.1. The molecule has 0 bridgehead atoms. The lowest BCUT2D eigenvalue weighted by atomic mass is 9.95. The van der Waals surface area contributed by atoms with E-state index in [1.54, 1.807) is 0 Å². The third-order valence-electron chi connectivity index (χ3n) is 10.3. The number of benzene rings is 8. The molecule has 0 spiro atoms. The van der Waals surface area contributed by atoms with Gasteiger partial charge in [-0.2, -0.15) is 0 Å². The molecule has 0 unspecified atom stereocenters. The number of aromatic nitrogens is 2. The molecule has 0 aliphatic heterocycles. The minimum absolute atomic E-state index is 0.913. The Bertz CT molecular complexity index is 3100. The van der Waals surface area contributed by atoms with Crippen molar-refractivity contribution in [3.8, 4) is 22.5 Å². The molecule has 0 radical (unpaired) electrons. The first-order valence-corrected chi connectivity index (χ1v) is 16.8. The van der Waals surface area contributed by atoms with Gasteiger partial charge >= 0.3 is 0 Å². The molecule has 0 atom stereocenters. The molecule has 0 aliphatic carbocycles. The summed E-state index contributed by atoms with van der Waals surface area (Å²) in [6.07, 6.45) is 0. The zero-order valence-corrected chi connectivity index (χ0v) is 26.5. The molecule has 0 saturated heterocycles. The van der Waals surface area contributed by atoms with Crippen LogP contribution in [0.4, 0.5) is 0 Å². The zero-order valence-electron chi connectivity index (χ0n) is 26.5. The standard InChI is InChI=1S/C46H28N2O/c1-2-13-29(14-3-1)47-40-22-9-6-17-33(40)38-28-44-39(27-43(38)47)34-18-7-10-23-41(34)48(44)42-26-25-31(30-15-4-5-16-32(30)42)36-20-12-21-37-35-19-8-11-24-45(35)49-46(36)37/h1-28H. The Hall–Kier alpha value is -6.58. The van der Waals surface area contributed by atoms with Crippen molar-refractivity contribution >= 4 is 76.3 Å². The van der Waals surface area contributed by atoms with E-state index in [2.05, 4.69) is 173 Å². The molecule has 3 heteroatoms. The maximum absolute atomic E-state index is 6.51. The Morgan fingerprint density at radius 2 is 0.898 bits per heavy atom. The van der Waals surface area contributed by atoms with Crippen LogP contribution in [0.5, 0.6) is 0 Å². The summed E-state index contributed by atoms with van der Waals surface area (Å²) in [5.41, 5.74) is 11.2. The van der Waals surface area contributed by atoms with Crippen molar-refractivity contribution in [3.05, 3.63) is 170 Å². The van der Waals surface area contributed by atoms with Crippen LogP contribution in [0.15, 0.2) is 174 Å². The van der Waals surface area contributed by atoms with Crippen molar-refractivity contribution in [1.82, 2.24) is 9.13 Å². The Morgan fingerprint density at radius 3 is 1.65 bits per heavy atom. The van der Waals surface area contributed by atoms with Crippen LogP contribution in [0.3, 0.4) is 0 Å². The van der Waals surface area contributed by atoms with E-state index in [4.69, 9.17) is 4.42 Å². The van der Waals surface area contributed by atoms with E-state index in [-0.39, 0.29) is 0 Å². The summed E-state index contributed by atoms with van der Waals surface area (Å²) in [4.78, 5) is 0. The molecule has 0 saturated carbocycles. The number of hydrogen-bond donors (Lipinski definition) is 0. The number of hydrogen-bond acceptors (Lipinski definition) is 1. The van der Waals surface area contributed by atoms with Crippen LogP contribution in [-0.4, -0.2) is 9.13 Å². The van der Waals surface area contributed by atoms with Gasteiger partial charge in [-0.25, -0.2) is 0 Å². The highest BCUT2D eigenvalue weighted by atomic mass is 16.3. The van der Waals surface area contributed by atoms with Crippen molar-refractivity contribution in [2.45, 2.75) is 0 Å². The lowest BCUT2D eigenvalue weighted by Crippen LogP contribution is -1.97. The molecule has 228 valence electrons. The first kappa shape index (κ1) is 26.5. The second-order valence-corrected chi connectivity index (χ2v) is 12.9. The van der Waals surface area contributed by atoms with Crippen LogP contribution in [0, 0.1) is 0 Å². The first-order valence-electron chi connectivity index (χ1n) is 16.8. The van der Waals surface area contributed by atoms with Crippen LogP contribution in [0.1, 0.15) is 0 Å². The fourth-order valence-electron chi connectivity index (χ4n) is 8.22. The first-order chi connectivity index (χ1) is 24.3. The lowest BCUT2D eigenvalue weighted by Gasteiger charge is -2.15. The molecule has 49 heavy (non-hydrogen) atoms. The maximum atomic E-state index is 6.51. The molecule has 11 rings (SSSR count). The average Bonchev–Trinajstić information content (AvgIpc) is 3.81. The molecule has 8 aromatic carbocycles. The van der Waals surface area contributed by atoms with E-state index >= 15 is 0 Å². The van der Waals surface area contributed by atoms with Gasteiger partial charge in [0, 0.05) is 49.0 Å². The fourth-order valence-corrected chi connectivity index (χ4v) is 8.22. The number of para-hydroxylation sites is 5. The molecule has 0 fully saturated rings. The molecule has 3 heterocycles. The van der Waals surface area contributed by atoms with Gasteiger partial charge in [-0.05, 0) is 59.5 Å². The minimum atomic E-state index is 0.913. The topological polar surface area (TPSA) is 23.0 Å². The van der Waals surface area contributed by atoms with Gasteiger partial charge in [-0.1, -0.05) is 121 Å². The van der Waals surface area contributed by atoms with Crippen molar-refractivity contribution < 1.29 is 4.42 Å². The SMILES string of the molecule is c1ccc(-n2c3ccccc3c3cc4c(cc32)c2ccccc2n4-c2ccc(-c3cccc4c3oc3ccccc34)c3ccccc23)cc1. The fraction of sp³-hybridized carbons (Fsp3) is 0. The molecule has 3 nitrogen and oxygen atoms in total. The highest BCUT2D eigenvalue weighted by Crippen LogP contribution is 2.43. The Balaban J connectivity index is 1.22. The van der Waals surface area contributed by atoms with E-state index in [0.717, 1.165) is 44.4 Å². The van der Waals surface area contributed by atoms with Crippen LogP contribution in [-0.2, 0) is 0 Å². The third-order valence-corrected chi connectivity index (χ3v) is 10.3. The van der Waals surface area contributed by atoms with Gasteiger partial charge in [0.15, 0.2) is 0 Å². The van der Waals surface area contributed by atoms with Gasteiger partial charge in [0.25, 0.3) is 0 Å². The second kappa shape index (κ2) is 9.96. The Kier molecular flexibility index (Phi) is 5.38. The second-order valence-electron chi connectivity index (χ2n) is 12.9. The van der Waals surface area contributed by atoms with E-state index in [1.165, 1.54) is 54.4 Å². The van der Waals surface area contributed by atoms with E-state index in [9.17, 15) is 0 Å². The molecule has 3 aromatic heterocycles. The lowest BCUT2D eigenvalue weighted by molar-refractivity contribution is 0.670. The predicted octanol–water partition coefficient (Wildman–Crippen LogP) is 12.6. The number of nitrogens with zero attached hydrogens (tertiary/aromatic N) is 2. The van der Waals surface area contributed by atoms with Gasteiger partial charge in [0.2, 0.25) is 0 Å². The largest absolute Gasteiger partial charge is 0.455 e. The van der Waals surface area contributed by atoms with Crippen LogP contribution in [0.2, 0.25) is 0 Å².